The molecule has 0 amide bonds. The molecule has 0 fully saturated rings. The molecular weight excluding hydrogens is 178 g/mol. The van der Waals surface area contributed by atoms with Gasteiger partial charge in [0.15, 0.2) is 0 Å². The molecule has 1 aromatic rings. The van der Waals surface area contributed by atoms with Gasteiger partial charge in [0.2, 0.25) is 0 Å². The molecule has 0 aliphatic heterocycles. The van der Waals surface area contributed by atoms with Crippen molar-refractivity contribution >= 4 is 5.97 Å². The van der Waals surface area contributed by atoms with Crippen molar-refractivity contribution in [3.63, 3.8) is 0 Å². The molecule has 1 aliphatic rings. The summed E-state index contributed by atoms with van der Waals surface area (Å²) in [6.07, 6.45) is 2.48. The number of carboxylic acids is 1. The Labute approximate surface area is 82.5 Å². The van der Waals surface area contributed by atoms with Crippen molar-refractivity contribution in [3.8, 4) is 0 Å². The van der Waals surface area contributed by atoms with Gasteiger partial charge < -0.3 is 10.8 Å². The van der Waals surface area contributed by atoms with Crippen LogP contribution >= 0.6 is 0 Å². The number of hydrogen-bond acceptors (Lipinski definition) is 2. The van der Waals surface area contributed by atoms with Gasteiger partial charge in [0.1, 0.15) is 0 Å². The molecule has 0 radical (unpaired) electrons. The number of carbonyl (C=O) groups is 1. The van der Waals surface area contributed by atoms with Gasteiger partial charge in [-0.3, -0.25) is 0 Å². The zero-order chi connectivity index (χ0) is 10.1. The Balaban J connectivity index is 2.46. The van der Waals surface area contributed by atoms with Crippen LogP contribution in [-0.4, -0.2) is 17.1 Å². The maximum atomic E-state index is 10.9. The second-order valence-electron chi connectivity index (χ2n) is 3.75. The smallest absolute Gasteiger partial charge is 0.335 e. The van der Waals surface area contributed by atoms with Gasteiger partial charge in [-0.1, -0.05) is 12.1 Å². The Morgan fingerprint density at radius 2 is 2.29 bits per heavy atom. The first-order valence-electron chi connectivity index (χ1n) is 4.78. The van der Waals surface area contributed by atoms with E-state index in [2.05, 4.69) is 0 Å². The molecule has 0 saturated carbocycles. The molecule has 74 valence electrons. The highest BCUT2D eigenvalue weighted by Crippen LogP contribution is 2.23. The van der Waals surface area contributed by atoms with Crippen LogP contribution in [0.3, 0.4) is 0 Å². The van der Waals surface area contributed by atoms with Crippen molar-refractivity contribution in [1.29, 1.82) is 0 Å². The highest BCUT2D eigenvalue weighted by molar-refractivity contribution is 5.89. The average Bonchev–Trinajstić information content (AvgIpc) is 2.16. The maximum Gasteiger partial charge on any atom is 0.335 e. The molecule has 0 saturated heterocycles. The summed E-state index contributed by atoms with van der Waals surface area (Å²) < 4.78 is 0. The molecule has 1 aliphatic carbocycles. The van der Waals surface area contributed by atoms with Crippen LogP contribution in [0.15, 0.2) is 18.2 Å². The molecule has 3 nitrogen and oxygen atoms in total. The van der Waals surface area contributed by atoms with Gasteiger partial charge in [-0.2, -0.15) is 0 Å². The number of rotatable bonds is 1. The van der Waals surface area contributed by atoms with Crippen molar-refractivity contribution in [3.05, 3.63) is 34.9 Å². The first-order valence-corrected chi connectivity index (χ1v) is 4.78. The Kier molecular flexibility index (Phi) is 2.25. The number of fused-ring (bicyclic) bond motifs is 1. The number of aromatic carboxylic acids is 1. The molecule has 3 N–H and O–H groups in total. The van der Waals surface area contributed by atoms with E-state index >= 15 is 0 Å². The quantitative estimate of drug-likeness (QED) is 0.701. The summed E-state index contributed by atoms with van der Waals surface area (Å²) in [5.74, 6) is -0.836. The average molecular weight is 191 g/mol. The molecular formula is C11H13NO2. The van der Waals surface area contributed by atoms with E-state index in [4.69, 9.17) is 10.8 Å². The van der Waals surface area contributed by atoms with E-state index in [1.54, 1.807) is 12.1 Å². The van der Waals surface area contributed by atoms with E-state index in [1.165, 1.54) is 0 Å². The van der Waals surface area contributed by atoms with Crippen LogP contribution in [0.2, 0.25) is 0 Å². The lowest BCUT2D eigenvalue weighted by Crippen LogP contribution is -2.28. The summed E-state index contributed by atoms with van der Waals surface area (Å²) in [5.41, 5.74) is 8.34. The molecule has 3 heteroatoms. The lowest BCUT2D eigenvalue weighted by molar-refractivity contribution is 0.0695. The second-order valence-corrected chi connectivity index (χ2v) is 3.75. The Morgan fingerprint density at radius 3 is 3.00 bits per heavy atom. The fraction of sp³-hybridized carbons (Fsp3) is 0.364. The van der Waals surface area contributed by atoms with Gasteiger partial charge in [-0.05, 0) is 36.5 Å². The van der Waals surface area contributed by atoms with Crippen molar-refractivity contribution in [2.45, 2.75) is 25.3 Å². The van der Waals surface area contributed by atoms with Gasteiger partial charge >= 0.3 is 5.97 Å². The predicted molar refractivity (Wildman–Crippen MR) is 53.4 cm³/mol. The number of benzene rings is 1. The molecule has 2 rings (SSSR count). The fourth-order valence-corrected chi connectivity index (χ4v) is 2.04. The second kappa shape index (κ2) is 3.42. The lowest BCUT2D eigenvalue weighted by Gasteiger charge is -2.22. The van der Waals surface area contributed by atoms with E-state index in [0.717, 1.165) is 30.4 Å². The summed E-state index contributed by atoms with van der Waals surface area (Å²) in [4.78, 5) is 10.9. The molecule has 1 unspecified atom stereocenters. The molecule has 1 aromatic carbocycles. The van der Waals surface area contributed by atoms with Gasteiger partial charge in [-0.15, -0.1) is 0 Å². The van der Waals surface area contributed by atoms with Crippen LogP contribution in [0.4, 0.5) is 0 Å². The van der Waals surface area contributed by atoms with Crippen LogP contribution in [0, 0.1) is 0 Å². The highest BCUT2D eigenvalue weighted by Gasteiger charge is 2.20. The number of carboxylic acid groups (broad SMARTS) is 1. The van der Waals surface area contributed by atoms with Crippen LogP contribution in [0.5, 0.6) is 0 Å². The first kappa shape index (κ1) is 9.21. The van der Waals surface area contributed by atoms with Crippen molar-refractivity contribution < 1.29 is 9.90 Å². The van der Waals surface area contributed by atoms with Crippen LogP contribution in [0.25, 0.3) is 0 Å². The van der Waals surface area contributed by atoms with Gasteiger partial charge in [0.25, 0.3) is 0 Å². The Bertz CT molecular complexity index is 374. The van der Waals surface area contributed by atoms with Gasteiger partial charge in [0.05, 0.1) is 5.56 Å². The Morgan fingerprint density at radius 1 is 1.50 bits per heavy atom. The van der Waals surface area contributed by atoms with E-state index in [-0.39, 0.29) is 6.04 Å². The SMILES string of the molecule is NC1CCc2c(cccc2C(=O)O)C1. The lowest BCUT2D eigenvalue weighted by atomic mass is 9.86. The van der Waals surface area contributed by atoms with Crippen LogP contribution < -0.4 is 5.73 Å². The fourth-order valence-electron chi connectivity index (χ4n) is 2.04. The molecule has 14 heavy (non-hydrogen) atoms. The Hall–Kier alpha value is -1.35. The van der Waals surface area contributed by atoms with E-state index in [0.29, 0.717) is 5.56 Å². The summed E-state index contributed by atoms with van der Waals surface area (Å²) in [6, 6.07) is 5.62. The zero-order valence-electron chi connectivity index (χ0n) is 7.86. The highest BCUT2D eigenvalue weighted by atomic mass is 16.4. The predicted octanol–water partition coefficient (Wildman–Crippen LogP) is 1.20. The summed E-state index contributed by atoms with van der Waals surface area (Å²) in [7, 11) is 0. The molecule has 0 bridgehead atoms. The minimum atomic E-state index is -0.836. The summed E-state index contributed by atoms with van der Waals surface area (Å²) in [6.45, 7) is 0. The van der Waals surface area contributed by atoms with Crippen molar-refractivity contribution in [1.82, 2.24) is 0 Å². The number of hydrogen-bond donors (Lipinski definition) is 2. The van der Waals surface area contributed by atoms with Crippen molar-refractivity contribution in [2.24, 2.45) is 5.73 Å². The van der Waals surface area contributed by atoms with Gasteiger partial charge in [0, 0.05) is 6.04 Å². The summed E-state index contributed by atoms with van der Waals surface area (Å²) in [5, 5.41) is 8.98. The van der Waals surface area contributed by atoms with Gasteiger partial charge in [-0.25, -0.2) is 4.79 Å². The first-order chi connectivity index (χ1) is 6.68. The monoisotopic (exact) mass is 191 g/mol. The van der Waals surface area contributed by atoms with E-state index < -0.39 is 5.97 Å². The van der Waals surface area contributed by atoms with E-state index in [9.17, 15) is 4.79 Å². The number of nitrogens with two attached hydrogens (primary N) is 1. The molecule has 0 aromatic heterocycles. The minimum Gasteiger partial charge on any atom is -0.478 e. The molecule has 1 atom stereocenters. The third kappa shape index (κ3) is 1.51. The molecule has 0 heterocycles. The van der Waals surface area contributed by atoms with Crippen LogP contribution in [0.1, 0.15) is 27.9 Å². The zero-order valence-corrected chi connectivity index (χ0v) is 7.86. The van der Waals surface area contributed by atoms with E-state index in [1.807, 2.05) is 6.07 Å². The normalized spacial score (nSPS) is 20.2. The standard InChI is InChI=1S/C11H13NO2/c12-8-4-5-9-7(6-8)2-1-3-10(9)11(13)14/h1-3,8H,4-6,12H2,(H,13,14). The summed E-state index contributed by atoms with van der Waals surface area (Å²) >= 11 is 0. The van der Waals surface area contributed by atoms with Crippen LogP contribution in [-0.2, 0) is 12.8 Å². The largest absolute Gasteiger partial charge is 0.478 e. The third-order valence-corrected chi connectivity index (χ3v) is 2.75. The molecule has 0 spiro atoms. The minimum absolute atomic E-state index is 0.187. The van der Waals surface area contributed by atoms with Crippen molar-refractivity contribution in [2.75, 3.05) is 0 Å². The third-order valence-electron chi connectivity index (χ3n) is 2.75. The maximum absolute atomic E-state index is 10.9. The topological polar surface area (TPSA) is 63.3 Å².